The molecule has 0 spiro atoms. The summed E-state index contributed by atoms with van der Waals surface area (Å²) in [5, 5.41) is 4.44. The van der Waals surface area contributed by atoms with E-state index in [9.17, 15) is 0 Å². The van der Waals surface area contributed by atoms with Crippen molar-refractivity contribution in [1.82, 2.24) is 5.32 Å². The van der Waals surface area contributed by atoms with Crippen molar-refractivity contribution < 1.29 is 0 Å². The van der Waals surface area contributed by atoms with Crippen LogP contribution in [0.15, 0.2) is 18.2 Å². The van der Waals surface area contributed by atoms with Crippen LogP contribution in [0.1, 0.15) is 46.1 Å². The summed E-state index contributed by atoms with van der Waals surface area (Å²) in [5.74, 6) is 1.49. The standard InChI is InChI=1S/C18H29ClN2/c1-13(2)11-20-12-16-6-5-7-17(19)18(16)21-9-8-14(3)10-15(21)4/h5-7,13-15,20H,8-12H2,1-4H3. The van der Waals surface area contributed by atoms with E-state index in [1.54, 1.807) is 0 Å². The minimum absolute atomic E-state index is 0.567. The van der Waals surface area contributed by atoms with Crippen LogP contribution in [-0.4, -0.2) is 19.1 Å². The highest BCUT2D eigenvalue weighted by Gasteiger charge is 2.26. The molecule has 0 aromatic heterocycles. The molecule has 2 atom stereocenters. The van der Waals surface area contributed by atoms with E-state index in [4.69, 9.17) is 11.6 Å². The van der Waals surface area contributed by atoms with Gasteiger partial charge < -0.3 is 10.2 Å². The quantitative estimate of drug-likeness (QED) is 0.847. The number of hydrogen-bond acceptors (Lipinski definition) is 2. The van der Waals surface area contributed by atoms with E-state index in [1.807, 2.05) is 6.07 Å². The smallest absolute Gasteiger partial charge is 0.0643 e. The second-order valence-electron chi connectivity index (χ2n) is 6.94. The Morgan fingerprint density at radius 2 is 2.10 bits per heavy atom. The largest absolute Gasteiger partial charge is 0.367 e. The summed E-state index contributed by atoms with van der Waals surface area (Å²) >= 11 is 6.54. The van der Waals surface area contributed by atoms with E-state index >= 15 is 0 Å². The maximum atomic E-state index is 6.54. The zero-order chi connectivity index (χ0) is 15.4. The number of piperidine rings is 1. The van der Waals surface area contributed by atoms with Gasteiger partial charge in [-0.25, -0.2) is 0 Å². The molecule has 0 amide bonds. The third kappa shape index (κ3) is 4.37. The molecule has 1 fully saturated rings. The second-order valence-corrected chi connectivity index (χ2v) is 7.35. The monoisotopic (exact) mass is 308 g/mol. The highest BCUT2D eigenvalue weighted by atomic mass is 35.5. The van der Waals surface area contributed by atoms with Gasteiger partial charge in [-0.1, -0.05) is 44.5 Å². The Morgan fingerprint density at radius 1 is 1.33 bits per heavy atom. The van der Waals surface area contributed by atoms with Crippen LogP contribution >= 0.6 is 11.6 Å². The minimum Gasteiger partial charge on any atom is -0.367 e. The molecule has 1 N–H and O–H groups in total. The van der Waals surface area contributed by atoms with Crippen LogP contribution in [0, 0.1) is 11.8 Å². The Kier molecular flexibility index (Phi) is 5.95. The van der Waals surface area contributed by atoms with Crippen molar-refractivity contribution >= 4 is 17.3 Å². The lowest BCUT2D eigenvalue weighted by Gasteiger charge is -2.39. The molecule has 1 saturated heterocycles. The highest BCUT2D eigenvalue weighted by Crippen LogP contribution is 2.35. The molecule has 118 valence electrons. The van der Waals surface area contributed by atoms with Crippen molar-refractivity contribution in [2.24, 2.45) is 11.8 Å². The van der Waals surface area contributed by atoms with Gasteiger partial charge >= 0.3 is 0 Å². The van der Waals surface area contributed by atoms with E-state index in [-0.39, 0.29) is 0 Å². The molecule has 3 heteroatoms. The van der Waals surface area contributed by atoms with Gasteiger partial charge in [0.05, 0.1) is 10.7 Å². The Balaban J connectivity index is 2.17. The molecule has 2 rings (SSSR count). The summed E-state index contributed by atoms with van der Waals surface area (Å²) in [5.41, 5.74) is 2.57. The van der Waals surface area contributed by atoms with Gasteiger partial charge in [0.2, 0.25) is 0 Å². The topological polar surface area (TPSA) is 15.3 Å². The molecule has 2 unspecified atom stereocenters. The van der Waals surface area contributed by atoms with Crippen LogP contribution in [0.5, 0.6) is 0 Å². The van der Waals surface area contributed by atoms with Gasteiger partial charge in [0, 0.05) is 19.1 Å². The molecule has 1 aromatic carbocycles. The molecule has 2 nitrogen and oxygen atoms in total. The fourth-order valence-corrected chi connectivity index (χ4v) is 3.56. The van der Waals surface area contributed by atoms with Gasteiger partial charge in [0.15, 0.2) is 0 Å². The number of halogens is 1. The predicted molar refractivity (Wildman–Crippen MR) is 93.2 cm³/mol. The lowest BCUT2D eigenvalue weighted by Crippen LogP contribution is -2.41. The van der Waals surface area contributed by atoms with Crippen molar-refractivity contribution in [1.29, 1.82) is 0 Å². The van der Waals surface area contributed by atoms with E-state index in [1.165, 1.54) is 24.1 Å². The normalized spacial score (nSPS) is 22.9. The first-order valence-corrected chi connectivity index (χ1v) is 8.61. The Bertz CT molecular complexity index is 459. The Hall–Kier alpha value is -0.730. The first kappa shape index (κ1) is 16.6. The van der Waals surface area contributed by atoms with E-state index in [0.717, 1.165) is 30.6 Å². The maximum Gasteiger partial charge on any atom is 0.0643 e. The zero-order valence-electron chi connectivity index (χ0n) is 13.8. The second kappa shape index (κ2) is 7.51. The molecule has 1 aliphatic heterocycles. The van der Waals surface area contributed by atoms with Gasteiger partial charge in [-0.2, -0.15) is 0 Å². The van der Waals surface area contributed by atoms with Gasteiger partial charge in [0.1, 0.15) is 0 Å². The summed E-state index contributed by atoms with van der Waals surface area (Å²) in [6.07, 6.45) is 2.51. The first-order chi connectivity index (χ1) is 9.99. The van der Waals surface area contributed by atoms with Crippen molar-refractivity contribution in [3.63, 3.8) is 0 Å². The predicted octanol–water partition coefficient (Wildman–Crippen LogP) is 4.71. The summed E-state index contributed by atoms with van der Waals surface area (Å²) in [6, 6.07) is 6.86. The Labute approximate surface area is 134 Å². The zero-order valence-corrected chi connectivity index (χ0v) is 14.6. The molecule has 21 heavy (non-hydrogen) atoms. The summed E-state index contributed by atoms with van der Waals surface area (Å²) in [4.78, 5) is 2.51. The van der Waals surface area contributed by atoms with Crippen molar-refractivity contribution in [2.75, 3.05) is 18.0 Å². The Morgan fingerprint density at radius 3 is 2.76 bits per heavy atom. The molecule has 1 aliphatic rings. The lowest BCUT2D eigenvalue weighted by molar-refractivity contribution is 0.377. The third-order valence-corrected chi connectivity index (χ3v) is 4.67. The number of rotatable bonds is 5. The summed E-state index contributed by atoms with van der Waals surface area (Å²) in [7, 11) is 0. The summed E-state index contributed by atoms with van der Waals surface area (Å²) < 4.78 is 0. The molecular weight excluding hydrogens is 280 g/mol. The molecule has 1 heterocycles. The maximum absolute atomic E-state index is 6.54. The molecular formula is C18H29ClN2. The van der Waals surface area contributed by atoms with Crippen LogP contribution in [0.25, 0.3) is 0 Å². The van der Waals surface area contributed by atoms with E-state index < -0.39 is 0 Å². The van der Waals surface area contributed by atoms with E-state index in [0.29, 0.717) is 12.0 Å². The number of benzene rings is 1. The van der Waals surface area contributed by atoms with Crippen molar-refractivity contribution in [3.05, 3.63) is 28.8 Å². The van der Waals surface area contributed by atoms with Crippen LogP contribution in [0.3, 0.4) is 0 Å². The highest BCUT2D eigenvalue weighted by molar-refractivity contribution is 6.33. The molecule has 0 aliphatic carbocycles. The molecule has 0 saturated carbocycles. The van der Waals surface area contributed by atoms with Crippen LogP contribution < -0.4 is 10.2 Å². The SMILES string of the molecule is CC(C)CNCc1cccc(Cl)c1N1CCC(C)CC1C. The van der Waals surface area contributed by atoms with Crippen LogP contribution in [0.4, 0.5) is 5.69 Å². The minimum atomic E-state index is 0.567. The van der Waals surface area contributed by atoms with Crippen LogP contribution in [-0.2, 0) is 6.54 Å². The number of anilines is 1. The lowest BCUT2D eigenvalue weighted by atomic mass is 9.92. The van der Waals surface area contributed by atoms with Gasteiger partial charge in [-0.05, 0) is 49.8 Å². The number of para-hydroxylation sites is 1. The molecule has 0 radical (unpaired) electrons. The fraction of sp³-hybridized carbons (Fsp3) is 0.667. The van der Waals surface area contributed by atoms with Gasteiger partial charge in [0.25, 0.3) is 0 Å². The fourth-order valence-electron chi connectivity index (χ4n) is 3.26. The van der Waals surface area contributed by atoms with Crippen molar-refractivity contribution in [2.45, 2.75) is 53.1 Å². The number of nitrogens with one attached hydrogen (secondary N) is 1. The average Bonchev–Trinajstić information content (AvgIpc) is 2.40. The van der Waals surface area contributed by atoms with Gasteiger partial charge in [-0.3, -0.25) is 0 Å². The molecule has 0 bridgehead atoms. The van der Waals surface area contributed by atoms with Crippen molar-refractivity contribution in [3.8, 4) is 0 Å². The summed E-state index contributed by atoms with van der Waals surface area (Å²) in [6.45, 7) is 12.2. The third-order valence-electron chi connectivity index (χ3n) is 4.36. The first-order valence-electron chi connectivity index (χ1n) is 8.23. The average molecular weight is 309 g/mol. The number of nitrogens with zero attached hydrogens (tertiary/aromatic N) is 1. The van der Waals surface area contributed by atoms with Gasteiger partial charge in [-0.15, -0.1) is 0 Å². The number of hydrogen-bond donors (Lipinski definition) is 1. The molecule has 1 aromatic rings. The van der Waals surface area contributed by atoms with Crippen LogP contribution in [0.2, 0.25) is 5.02 Å². The van der Waals surface area contributed by atoms with E-state index in [2.05, 4.69) is 50.0 Å².